The topological polar surface area (TPSA) is 61.7 Å². The molecule has 12 aromatic rings. The third-order valence-corrected chi connectivity index (χ3v) is 18.1. The molecule has 371 valence electrons. The molecule has 1 radical (unpaired) electrons. The third kappa shape index (κ3) is 9.44. The molecule has 74 heavy (non-hydrogen) atoms. The Kier molecular flexibility index (Phi) is 13.7. The van der Waals surface area contributed by atoms with Gasteiger partial charge in [0.1, 0.15) is 0 Å². The van der Waals surface area contributed by atoms with Gasteiger partial charge in [-0.05, 0) is 54.6 Å². The number of para-hydroxylation sites is 4. The molecular formula is C65H58FGeIrN5O-2. The van der Waals surface area contributed by atoms with Crippen molar-refractivity contribution in [1.82, 2.24) is 24.1 Å². The van der Waals surface area contributed by atoms with Crippen molar-refractivity contribution in [3.63, 3.8) is 0 Å². The molecule has 0 N–H and O–H groups in total. The minimum absolute atomic E-state index is 0. The molecule has 0 bridgehead atoms. The summed E-state index contributed by atoms with van der Waals surface area (Å²) in [7, 11) is 0. The van der Waals surface area contributed by atoms with E-state index in [9.17, 15) is 4.39 Å². The number of nitrogens with zero attached hydrogens (tertiary/aromatic N) is 5. The fourth-order valence-electron chi connectivity index (χ4n) is 10.2. The van der Waals surface area contributed by atoms with Gasteiger partial charge >= 0.3 is 165 Å². The van der Waals surface area contributed by atoms with Crippen molar-refractivity contribution in [3.05, 3.63) is 205 Å². The van der Waals surface area contributed by atoms with E-state index in [4.69, 9.17) is 19.4 Å². The van der Waals surface area contributed by atoms with Crippen LogP contribution in [0.1, 0.15) is 51.4 Å². The van der Waals surface area contributed by atoms with Crippen molar-refractivity contribution in [3.8, 4) is 45.1 Å². The Morgan fingerprint density at radius 3 is 2.08 bits per heavy atom. The zero-order valence-corrected chi connectivity index (χ0v) is 47.8. The molecule has 6 nitrogen and oxygen atoms in total. The molecule has 0 saturated carbocycles. The molecule has 12 rings (SSSR count). The van der Waals surface area contributed by atoms with E-state index >= 15 is 0 Å². The molecule has 7 aromatic carbocycles. The van der Waals surface area contributed by atoms with Crippen LogP contribution in [0.2, 0.25) is 17.3 Å². The number of imidazole rings is 1. The van der Waals surface area contributed by atoms with Gasteiger partial charge in [-0.25, -0.2) is 4.98 Å². The predicted molar refractivity (Wildman–Crippen MR) is 304 cm³/mol. The molecule has 0 unspecified atom stereocenters. The molecule has 5 aromatic heterocycles. The number of aromatic nitrogens is 5. The summed E-state index contributed by atoms with van der Waals surface area (Å²) in [5.74, 6) is 8.31. The maximum atomic E-state index is 14.4. The average Bonchev–Trinajstić information content (AvgIpc) is 4.07. The molecule has 0 spiro atoms. The number of benzene rings is 7. The van der Waals surface area contributed by atoms with E-state index in [1.165, 1.54) is 32.3 Å². The summed E-state index contributed by atoms with van der Waals surface area (Å²) in [6.07, 6.45) is 3.10. The van der Waals surface area contributed by atoms with E-state index in [0.717, 1.165) is 90.2 Å². The minimum atomic E-state index is -2.00. The summed E-state index contributed by atoms with van der Waals surface area (Å²) in [4.78, 5) is 14.9. The average molecular weight is 1210 g/mol. The SMILES string of the molecule is CC(C)Cc1cc(-c2[c-]cc(F)c(-c3ccccc3)c2)nc[c]1[Ge]([CH3])([CH3])[CH3].Cc1c[c-]c(-c2nc3ccccc3n2-c2ccc3c4ccccc4n(-c4ccccc4)c3c2)c2oc3nc(C(C)(C)C)ccc3c12.[Ir]. The second-order valence-electron chi connectivity index (χ2n) is 21.7. The Balaban J connectivity index is 0.000000192. The number of fused-ring (bicyclic) bond motifs is 7. The maximum Gasteiger partial charge on any atom is 0.216 e. The predicted octanol–water partition coefficient (Wildman–Crippen LogP) is 16.6. The first kappa shape index (κ1) is 50.6. The van der Waals surface area contributed by atoms with Gasteiger partial charge < -0.3 is 13.6 Å². The normalized spacial score (nSPS) is 12.0. The third-order valence-electron chi connectivity index (χ3n) is 13.8. The van der Waals surface area contributed by atoms with Gasteiger partial charge in [-0.3, -0.25) is 4.98 Å². The summed E-state index contributed by atoms with van der Waals surface area (Å²) in [6, 6.07) is 62.3. The standard InChI is InChI=1S/C41H31N4O.C24H27FGeN.Ir/c1-25-18-20-31(38-37(25)30-22-23-36(41(2,3)4)43-40(30)46-38)39-42-32-15-9-11-17-34(32)45(39)27-19-21-29-28-14-8-10-16-33(28)44(35(29)24-27)26-12-6-5-7-13-26;1-17(2)13-20-15-24(27-16-23(20)26(3,4)5)19-11-12-22(25)21(14-19)18-9-7-6-8-10-18;/h5-19,21-24H,1-4H3;6-10,12,14-17H,13H2,1-5H3;/q2*-1;. The summed E-state index contributed by atoms with van der Waals surface area (Å²) < 4.78 is 27.1. The van der Waals surface area contributed by atoms with Gasteiger partial charge in [0.25, 0.3) is 0 Å². The number of hydrogen-bond donors (Lipinski definition) is 0. The maximum absolute atomic E-state index is 14.4. The van der Waals surface area contributed by atoms with E-state index in [1.807, 2.05) is 48.5 Å². The van der Waals surface area contributed by atoms with Gasteiger partial charge in [-0.2, -0.15) is 0 Å². The smallest absolute Gasteiger partial charge is 0.216 e. The monoisotopic (exact) mass is 1210 g/mol. The Morgan fingerprint density at radius 2 is 1.35 bits per heavy atom. The summed E-state index contributed by atoms with van der Waals surface area (Å²) in [5.41, 5.74) is 15.2. The van der Waals surface area contributed by atoms with Crippen LogP contribution in [-0.4, -0.2) is 37.4 Å². The molecule has 9 heteroatoms. The van der Waals surface area contributed by atoms with Crippen LogP contribution in [0, 0.1) is 30.8 Å². The fourth-order valence-corrected chi connectivity index (χ4v) is 13.6. The number of pyridine rings is 2. The van der Waals surface area contributed by atoms with Gasteiger partial charge in [0.05, 0.1) is 33.5 Å². The fraction of sp³-hybridized carbons (Fsp3) is 0.185. The molecule has 0 atom stereocenters. The summed E-state index contributed by atoms with van der Waals surface area (Å²) in [6.45, 7) is 13.1. The van der Waals surface area contributed by atoms with Crippen LogP contribution in [-0.2, 0) is 31.9 Å². The number of aryl methyl sites for hydroxylation is 1. The van der Waals surface area contributed by atoms with Crippen LogP contribution in [0.3, 0.4) is 0 Å². The summed E-state index contributed by atoms with van der Waals surface area (Å²) >= 11 is -2.00. The van der Waals surface area contributed by atoms with Crippen molar-refractivity contribution in [2.45, 2.75) is 70.6 Å². The number of furan rings is 1. The van der Waals surface area contributed by atoms with Crippen LogP contribution in [0.15, 0.2) is 174 Å². The first-order valence-corrected chi connectivity index (χ1v) is 32.5. The van der Waals surface area contributed by atoms with Gasteiger partial charge in [0.15, 0.2) is 0 Å². The Morgan fingerprint density at radius 1 is 0.676 bits per heavy atom. The second-order valence-corrected chi connectivity index (χ2v) is 32.2. The van der Waals surface area contributed by atoms with E-state index in [0.29, 0.717) is 17.2 Å². The minimum Gasteiger partial charge on any atom is -0.486 e. The van der Waals surface area contributed by atoms with Crippen molar-refractivity contribution in [2.75, 3.05) is 0 Å². The number of hydrogen-bond acceptors (Lipinski definition) is 4. The van der Waals surface area contributed by atoms with E-state index in [1.54, 1.807) is 0 Å². The summed E-state index contributed by atoms with van der Waals surface area (Å²) in [5, 5.41) is 4.49. The van der Waals surface area contributed by atoms with Crippen LogP contribution >= 0.6 is 0 Å². The largest absolute Gasteiger partial charge is 0.486 e. The molecule has 0 aliphatic heterocycles. The van der Waals surface area contributed by atoms with Crippen molar-refractivity contribution in [2.24, 2.45) is 5.92 Å². The van der Waals surface area contributed by atoms with Gasteiger partial charge in [-0.1, -0.05) is 93.2 Å². The molecule has 5 heterocycles. The first-order valence-electron chi connectivity index (χ1n) is 25.2. The molecule has 0 aliphatic rings. The second kappa shape index (κ2) is 20.0. The molecule has 0 fully saturated rings. The van der Waals surface area contributed by atoms with Crippen LogP contribution in [0.5, 0.6) is 0 Å². The van der Waals surface area contributed by atoms with Crippen LogP contribution < -0.4 is 4.40 Å². The van der Waals surface area contributed by atoms with Crippen molar-refractivity contribution >= 4 is 72.6 Å². The zero-order chi connectivity index (χ0) is 50.8. The van der Waals surface area contributed by atoms with Crippen molar-refractivity contribution < 1.29 is 28.9 Å². The van der Waals surface area contributed by atoms with E-state index < -0.39 is 13.3 Å². The zero-order valence-electron chi connectivity index (χ0n) is 43.3. The number of rotatable bonds is 8. The van der Waals surface area contributed by atoms with Gasteiger partial charge in [0, 0.05) is 58.7 Å². The Bertz CT molecular complexity index is 4030. The molecule has 0 amide bonds. The quantitative estimate of drug-likeness (QED) is 0.112. The number of halogens is 1. The van der Waals surface area contributed by atoms with Gasteiger partial charge in [-0.15, -0.1) is 17.7 Å². The van der Waals surface area contributed by atoms with Crippen molar-refractivity contribution in [1.29, 1.82) is 0 Å². The Labute approximate surface area is 449 Å². The van der Waals surface area contributed by atoms with Crippen LogP contribution in [0.25, 0.3) is 100 Å². The molecular weight excluding hydrogens is 1150 g/mol. The molecule has 0 aliphatic carbocycles. The first-order chi connectivity index (χ1) is 35.1. The molecule has 0 saturated heterocycles. The van der Waals surface area contributed by atoms with Gasteiger partial charge in [0.2, 0.25) is 5.71 Å². The van der Waals surface area contributed by atoms with E-state index in [2.05, 4.69) is 195 Å². The van der Waals surface area contributed by atoms with E-state index in [-0.39, 0.29) is 31.3 Å². The Hall–Kier alpha value is -6.97. The van der Waals surface area contributed by atoms with Crippen LogP contribution in [0.4, 0.5) is 4.39 Å².